The number of hydrogen-bond acceptors (Lipinski definition) is 6. The molecule has 28 heavy (non-hydrogen) atoms. The quantitative estimate of drug-likeness (QED) is 0.848. The fraction of sp³-hybridized carbons (Fsp3) is 0.300. The van der Waals surface area contributed by atoms with Crippen molar-refractivity contribution in [3.8, 4) is 6.07 Å². The Kier molecular flexibility index (Phi) is 4.77. The lowest BCUT2D eigenvalue weighted by molar-refractivity contribution is 0.0382. The summed E-state index contributed by atoms with van der Waals surface area (Å²) >= 11 is 0. The third-order valence-corrected chi connectivity index (χ3v) is 4.44. The van der Waals surface area contributed by atoms with Crippen LogP contribution in [0.3, 0.4) is 0 Å². The molecule has 0 saturated heterocycles. The highest BCUT2D eigenvalue weighted by Crippen LogP contribution is 2.40. The van der Waals surface area contributed by atoms with Gasteiger partial charge in [0.2, 0.25) is 0 Å². The van der Waals surface area contributed by atoms with E-state index in [0.717, 1.165) is 0 Å². The van der Waals surface area contributed by atoms with Crippen LogP contribution in [-0.2, 0) is 10.3 Å². The third-order valence-electron chi connectivity index (χ3n) is 4.44. The number of aromatic nitrogens is 1. The van der Waals surface area contributed by atoms with Gasteiger partial charge in [-0.25, -0.2) is 14.4 Å². The molecule has 3 N–H and O–H groups in total. The summed E-state index contributed by atoms with van der Waals surface area (Å²) in [6.45, 7) is 5.48. The maximum absolute atomic E-state index is 14.6. The van der Waals surface area contributed by atoms with Crippen molar-refractivity contribution < 1.29 is 13.9 Å². The number of anilines is 1. The molecule has 0 saturated carbocycles. The predicted octanol–water partition coefficient (Wildman–Crippen LogP) is 3.07. The van der Waals surface area contributed by atoms with E-state index in [0.29, 0.717) is 23.2 Å². The van der Waals surface area contributed by atoms with Gasteiger partial charge in [0.1, 0.15) is 23.2 Å². The van der Waals surface area contributed by atoms with Crippen LogP contribution < -0.4 is 11.1 Å². The molecule has 7 nitrogen and oxygen atoms in total. The first-order chi connectivity index (χ1) is 13.1. The number of pyridine rings is 1. The molecule has 1 aromatic heterocycles. The van der Waals surface area contributed by atoms with Gasteiger partial charge in [-0.3, -0.25) is 4.79 Å². The fourth-order valence-electron chi connectivity index (χ4n) is 3.41. The van der Waals surface area contributed by atoms with Crippen molar-refractivity contribution in [2.75, 3.05) is 5.32 Å². The number of carbonyl (C=O) groups is 1. The highest BCUT2D eigenvalue weighted by Gasteiger charge is 2.41. The van der Waals surface area contributed by atoms with Gasteiger partial charge in [-0.05, 0) is 51.1 Å². The smallest absolute Gasteiger partial charge is 0.283 e. The number of nitrogens with two attached hydrogens (primary N) is 1. The van der Waals surface area contributed by atoms with Crippen LogP contribution in [0.5, 0.6) is 0 Å². The van der Waals surface area contributed by atoms with E-state index in [-0.39, 0.29) is 11.7 Å². The molecule has 3 rings (SSSR count). The third kappa shape index (κ3) is 3.93. The molecule has 0 radical (unpaired) electrons. The minimum absolute atomic E-state index is 0.00521. The summed E-state index contributed by atoms with van der Waals surface area (Å²) in [5.41, 5.74) is 5.44. The molecular formula is C20H20FN5O2. The zero-order chi connectivity index (χ0) is 20.5. The molecule has 1 atom stereocenters. The number of rotatable bonds is 3. The summed E-state index contributed by atoms with van der Waals surface area (Å²) in [7, 11) is 0. The van der Waals surface area contributed by atoms with Crippen LogP contribution in [0, 0.1) is 17.1 Å². The number of halogens is 1. The molecule has 144 valence electrons. The van der Waals surface area contributed by atoms with E-state index in [9.17, 15) is 9.18 Å². The molecule has 1 aromatic carbocycles. The van der Waals surface area contributed by atoms with Crippen molar-refractivity contribution in [1.29, 1.82) is 5.26 Å². The number of carbonyl (C=O) groups excluding carboxylic acids is 1. The van der Waals surface area contributed by atoms with Crippen LogP contribution >= 0.6 is 0 Å². The number of hydrogen-bond donors (Lipinski definition) is 2. The van der Waals surface area contributed by atoms with Gasteiger partial charge in [-0.15, -0.1) is 0 Å². The van der Waals surface area contributed by atoms with E-state index in [1.54, 1.807) is 6.92 Å². The summed E-state index contributed by atoms with van der Waals surface area (Å²) in [5.74, 6) is -0.922. The van der Waals surface area contributed by atoms with Crippen molar-refractivity contribution in [2.45, 2.75) is 38.3 Å². The number of ether oxygens (including phenoxy) is 1. The topological polar surface area (TPSA) is 113 Å². The zero-order valence-corrected chi connectivity index (χ0v) is 15.8. The van der Waals surface area contributed by atoms with E-state index in [2.05, 4.69) is 15.3 Å². The average molecular weight is 381 g/mol. The number of amides is 1. The first-order valence-corrected chi connectivity index (χ1v) is 8.64. The van der Waals surface area contributed by atoms with Gasteiger partial charge in [0, 0.05) is 23.9 Å². The van der Waals surface area contributed by atoms with Gasteiger partial charge in [-0.2, -0.15) is 5.26 Å². The van der Waals surface area contributed by atoms with E-state index in [4.69, 9.17) is 15.7 Å². The number of nitrogens with one attached hydrogen (secondary N) is 1. The van der Waals surface area contributed by atoms with Crippen molar-refractivity contribution in [3.05, 3.63) is 59.2 Å². The Morgan fingerprint density at radius 2 is 2.07 bits per heavy atom. The Morgan fingerprint density at radius 1 is 1.32 bits per heavy atom. The predicted molar refractivity (Wildman–Crippen MR) is 102 cm³/mol. The Hall–Kier alpha value is -3.47. The standard InChI is InChI=1S/C20H20FN5O2/c1-19(2)11-20(3,26-18(23)28-19)14-8-13(5-6-15(14)21)25-17(27)16-7-4-12(9-22)10-24-16/h4-8,10H,11H2,1-3H3,(H2,23,26)(H,25,27)/t20-/m0/s1. The van der Waals surface area contributed by atoms with E-state index >= 15 is 0 Å². The average Bonchev–Trinajstić information content (AvgIpc) is 2.61. The van der Waals surface area contributed by atoms with Gasteiger partial charge in [0.25, 0.3) is 11.9 Å². The summed E-state index contributed by atoms with van der Waals surface area (Å²) < 4.78 is 20.1. The molecule has 2 aromatic rings. The minimum Gasteiger partial charge on any atom is -0.459 e. The number of nitrogens with zero attached hydrogens (tertiary/aromatic N) is 3. The highest BCUT2D eigenvalue weighted by atomic mass is 19.1. The lowest BCUT2D eigenvalue weighted by Gasteiger charge is -2.39. The van der Waals surface area contributed by atoms with Crippen LogP contribution in [0.25, 0.3) is 0 Å². The molecule has 0 fully saturated rings. The molecular weight excluding hydrogens is 361 g/mol. The van der Waals surface area contributed by atoms with Gasteiger partial charge in [0.15, 0.2) is 0 Å². The first-order valence-electron chi connectivity index (χ1n) is 8.64. The van der Waals surface area contributed by atoms with Crippen LogP contribution in [0.4, 0.5) is 10.1 Å². The fourth-order valence-corrected chi connectivity index (χ4v) is 3.41. The van der Waals surface area contributed by atoms with Gasteiger partial charge in [0.05, 0.1) is 11.1 Å². The second-order valence-corrected chi connectivity index (χ2v) is 7.46. The second-order valence-electron chi connectivity index (χ2n) is 7.46. The van der Waals surface area contributed by atoms with Gasteiger partial charge < -0.3 is 15.8 Å². The molecule has 0 unspecified atom stereocenters. The Labute approximate surface area is 162 Å². The number of aliphatic imine (C=N–C) groups is 1. The van der Waals surface area contributed by atoms with Gasteiger partial charge >= 0.3 is 0 Å². The Balaban J connectivity index is 1.90. The molecule has 1 aliphatic rings. The minimum atomic E-state index is -0.941. The van der Waals surface area contributed by atoms with Crippen molar-refractivity contribution >= 4 is 17.6 Å². The van der Waals surface area contributed by atoms with Gasteiger partial charge in [-0.1, -0.05) is 0 Å². The second kappa shape index (κ2) is 6.93. The molecule has 0 bridgehead atoms. The van der Waals surface area contributed by atoms with E-state index in [1.165, 1.54) is 36.5 Å². The molecule has 1 amide bonds. The van der Waals surface area contributed by atoms with Crippen molar-refractivity contribution in [3.63, 3.8) is 0 Å². The monoisotopic (exact) mass is 381 g/mol. The van der Waals surface area contributed by atoms with Crippen LogP contribution in [0.2, 0.25) is 0 Å². The van der Waals surface area contributed by atoms with Crippen LogP contribution in [-0.4, -0.2) is 22.5 Å². The number of amidine groups is 1. The van der Waals surface area contributed by atoms with Crippen LogP contribution in [0.1, 0.15) is 48.8 Å². The lowest BCUT2D eigenvalue weighted by atomic mass is 9.81. The lowest BCUT2D eigenvalue weighted by Crippen LogP contribution is -2.44. The molecule has 8 heteroatoms. The summed E-state index contributed by atoms with van der Waals surface area (Å²) in [5, 5.41) is 11.5. The summed E-state index contributed by atoms with van der Waals surface area (Å²) in [6, 6.07) is 9.15. The highest BCUT2D eigenvalue weighted by molar-refractivity contribution is 6.02. The van der Waals surface area contributed by atoms with Crippen molar-refractivity contribution in [1.82, 2.24) is 4.98 Å². The normalized spacial score (nSPS) is 20.5. The van der Waals surface area contributed by atoms with E-state index < -0.39 is 22.9 Å². The SMILES string of the molecule is CC1(C)C[C@@](C)(c2cc(NC(=O)c3ccc(C#N)cn3)ccc2F)N=C(N)O1. The maximum atomic E-state index is 14.6. The largest absolute Gasteiger partial charge is 0.459 e. The summed E-state index contributed by atoms with van der Waals surface area (Å²) in [6.07, 6.45) is 1.72. The van der Waals surface area contributed by atoms with Crippen molar-refractivity contribution in [2.24, 2.45) is 10.7 Å². The Morgan fingerprint density at radius 3 is 2.68 bits per heavy atom. The number of benzene rings is 1. The first kappa shape index (κ1) is 19.3. The molecule has 0 spiro atoms. The zero-order valence-electron chi connectivity index (χ0n) is 15.8. The van der Waals surface area contributed by atoms with E-state index in [1.807, 2.05) is 19.9 Å². The Bertz CT molecular complexity index is 995. The number of nitriles is 1. The van der Waals surface area contributed by atoms with Crippen LogP contribution in [0.15, 0.2) is 41.5 Å². The summed E-state index contributed by atoms with van der Waals surface area (Å²) in [4.78, 5) is 20.7. The maximum Gasteiger partial charge on any atom is 0.283 e. The molecule has 2 heterocycles. The molecule has 0 aliphatic carbocycles. The molecule has 1 aliphatic heterocycles.